The number of pyridine rings is 1. The monoisotopic (exact) mass is 650 g/mol. The number of para-hydroxylation sites is 2. The second-order valence-corrected chi connectivity index (χ2v) is 12.9. The largest absolute Gasteiger partial charge is 0.310 e. The number of nitrogens with zero attached hydrogens (tertiary/aromatic N) is 2. The summed E-state index contributed by atoms with van der Waals surface area (Å²) in [5.41, 5.74) is 9.81. The third kappa shape index (κ3) is 6.27. The molecule has 0 amide bonds. The Bertz CT molecular complexity index is 2560. The number of anilines is 3. The van der Waals surface area contributed by atoms with E-state index in [1.807, 2.05) is 0 Å². The first-order valence-corrected chi connectivity index (χ1v) is 17.4. The van der Waals surface area contributed by atoms with Crippen LogP contribution in [0.5, 0.6) is 0 Å². The first-order chi connectivity index (χ1) is 25.2. The van der Waals surface area contributed by atoms with E-state index in [1.165, 1.54) is 37.9 Å². The van der Waals surface area contributed by atoms with Crippen LogP contribution in [-0.2, 0) is 0 Å². The fourth-order valence-electron chi connectivity index (χ4n) is 6.95. The predicted molar refractivity (Wildman–Crippen MR) is 218 cm³/mol. The lowest BCUT2D eigenvalue weighted by atomic mass is 9.98. The van der Waals surface area contributed by atoms with Gasteiger partial charge in [0, 0.05) is 22.6 Å². The zero-order valence-corrected chi connectivity index (χ0v) is 28.0. The summed E-state index contributed by atoms with van der Waals surface area (Å²) in [4.78, 5) is 7.47. The molecule has 0 aliphatic carbocycles. The van der Waals surface area contributed by atoms with Crippen LogP contribution < -0.4 is 4.90 Å². The van der Waals surface area contributed by atoms with E-state index in [1.54, 1.807) is 0 Å². The molecule has 0 spiro atoms. The van der Waals surface area contributed by atoms with Gasteiger partial charge in [0.25, 0.3) is 0 Å². The van der Waals surface area contributed by atoms with Gasteiger partial charge in [0.2, 0.25) is 0 Å². The van der Waals surface area contributed by atoms with Crippen LogP contribution in [0.15, 0.2) is 194 Å². The van der Waals surface area contributed by atoms with Crippen molar-refractivity contribution >= 4 is 61.5 Å². The van der Waals surface area contributed by atoms with Crippen LogP contribution in [0, 0.1) is 0 Å². The van der Waals surface area contributed by atoms with Crippen LogP contribution in [0.2, 0.25) is 0 Å². The molecule has 51 heavy (non-hydrogen) atoms. The highest BCUT2D eigenvalue weighted by atomic mass is 15.1. The summed E-state index contributed by atoms with van der Waals surface area (Å²) in [6.07, 6.45) is 4.31. The fraction of sp³-hybridized carbons (Fsp3) is 0. The van der Waals surface area contributed by atoms with E-state index < -0.39 is 0 Å². The molecule has 9 rings (SSSR count). The first kappa shape index (κ1) is 30.3. The van der Waals surface area contributed by atoms with Gasteiger partial charge in [-0.15, -0.1) is 0 Å². The lowest BCUT2D eigenvalue weighted by molar-refractivity contribution is 1.29. The molecule has 0 saturated heterocycles. The Morgan fingerprint density at radius 3 is 1.55 bits per heavy atom. The molecule has 0 N–H and O–H groups in total. The highest BCUT2D eigenvalue weighted by Gasteiger charge is 2.13. The number of hydrogen-bond donors (Lipinski definition) is 0. The van der Waals surface area contributed by atoms with E-state index in [-0.39, 0.29) is 0 Å². The van der Waals surface area contributed by atoms with Crippen molar-refractivity contribution in [3.63, 3.8) is 0 Å². The number of aromatic nitrogens is 1. The minimum absolute atomic E-state index is 0.917. The molecule has 240 valence electrons. The average molecular weight is 651 g/mol. The van der Waals surface area contributed by atoms with Gasteiger partial charge in [-0.05, 0) is 122 Å². The lowest BCUT2D eigenvalue weighted by Gasteiger charge is -2.25. The second kappa shape index (κ2) is 13.3. The van der Waals surface area contributed by atoms with Crippen LogP contribution in [0.1, 0.15) is 11.3 Å². The standard InChI is InChI=1S/C49H34N2/c1-3-15-46(16-4-1)51(47-17-5-2-6-18-47)48-28-26-40-29-35(19-21-42(40)33-48)20-27-45-32-44(41-24-22-36-11-7-9-13-38(36)30-41)34-49(50-45)43-25-23-37-12-8-10-14-39(37)31-43/h1-34H/b27-20+. The van der Waals surface area contributed by atoms with Gasteiger partial charge in [0.15, 0.2) is 0 Å². The summed E-state index contributed by atoms with van der Waals surface area (Å²) < 4.78 is 0. The molecular formula is C49H34N2. The minimum atomic E-state index is 0.917. The van der Waals surface area contributed by atoms with E-state index in [4.69, 9.17) is 4.98 Å². The van der Waals surface area contributed by atoms with Crippen molar-refractivity contribution in [3.8, 4) is 22.4 Å². The number of benzene rings is 8. The fourth-order valence-corrected chi connectivity index (χ4v) is 6.95. The van der Waals surface area contributed by atoms with Crippen molar-refractivity contribution in [2.45, 2.75) is 0 Å². The Morgan fingerprint density at radius 1 is 0.333 bits per heavy atom. The van der Waals surface area contributed by atoms with Crippen molar-refractivity contribution in [1.29, 1.82) is 0 Å². The summed E-state index contributed by atoms with van der Waals surface area (Å²) >= 11 is 0. The SMILES string of the molecule is C(=C\c1cc(-c2ccc3ccccc3c2)cc(-c2ccc3ccccc3c2)n1)/c1ccc2cc(N(c3ccccc3)c3ccccc3)ccc2c1. The molecule has 2 nitrogen and oxygen atoms in total. The highest BCUT2D eigenvalue weighted by molar-refractivity contribution is 5.92. The number of rotatable bonds is 7. The minimum Gasteiger partial charge on any atom is -0.310 e. The van der Waals surface area contributed by atoms with Gasteiger partial charge >= 0.3 is 0 Å². The third-order valence-electron chi connectivity index (χ3n) is 9.55. The lowest BCUT2D eigenvalue weighted by Crippen LogP contribution is -2.09. The quantitative estimate of drug-likeness (QED) is 0.171. The zero-order valence-electron chi connectivity index (χ0n) is 28.0. The van der Waals surface area contributed by atoms with Crippen LogP contribution in [0.4, 0.5) is 17.1 Å². The van der Waals surface area contributed by atoms with E-state index >= 15 is 0 Å². The summed E-state index contributed by atoms with van der Waals surface area (Å²) in [5.74, 6) is 0. The summed E-state index contributed by atoms with van der Waals surface area (Å²) in [7, 11) is 0. The molecule has 0 fully saturated rings. The van der Waals surface area contributed by atoms with Crippen molar-refractivity contribution < 1.29 is 0 Å². The Balaban J connectivity index is 1.08. The van der Waals surface area contributed by atoms with Gasteiger partial charge in [-0.1, -0.05) is 133 Å². The maximum absolute atomic E-state index is 5.17. The van der Waals surface area contributed by atoms with E-state index in [0.717, 1.165) is 45.1 Å². The second-order valence-electron chi connectivity index (χ2n) is 12.9. The Kier molecular flexibility index (Phi) is 7.88. The predicted octanol–water partition coefficient (Wildman–Crippen LogP) is 13.5. The van der Waals surface area contributed by atoms with Crippen molar-refractivity contribution in [2.75, 3.05) is 4.90 Å². The zero-order chi connectivity index (χ0) is 34.0. The molecule has 0 aliphatic heterocycles. The van der Waals surface area contributed by atoms with Gasteiger partial charge < -0.3 is 4.90 Å². The summed E-state index contributed by atoms with van der Waals surface area (Å²) in [6.45, 7) is 0. The Labute approximate surface area is 298 Å². The Morgan fingerprint density at radius 2 is 0.863 bits per heavy atom. The maximum atomic E-state index is 5.17. The molecule has 1 heterocycles. The number of fused-ring (bicyclic) bond motifs is 3. The average Bonchev–Trinajstić information content (AvgIpc) is 3.20. The van der Waals surface area contributed by atoms with Crippen LogP contribution in [0.3, 0.4) is 0 Å². The van der Waals surface area contributed by atoms with Crippen LogP contribution >= 0.6 is 0 Å². The van der Waals surface area contributed by atoms with Crippen LogP contribution in [0.25, 0.3) is 66.9 Å². The van der Waals surface area contributed by atoms with Crippen molar-refractivity contribution in [2.24, 2.45) is 0 Å². The number of hydrogen-bond acceptors (Lipinski definition) is 2. The topological polar surface area (TPSA) is 16.1 Å². The smallest absolute Gasteiger partial charge is 0.0715 e. The van der Waals surface area contributed by atoms with Gasteiger partial charge in [-0.3, -0.25) is 0 Å². The molecule has 0 bridgehead atoms. The molecule has 0 aliphatic rings. The third-order valence-corrected chi connectivity index (χ3v) is 9.55. The van der Waals surface area contributed by atoms with Gasteiger partial charge in [0.1, 0.15) is 0 Å². The molecule has 1 aromatic heterocycles. The summed E-state index contributed by atoms with van der Waals surface area (Å²) in [5, 5.41) is 7.28. The molecule has 0 unspecified atom stereocenters. The Hall–Kier alpha value is -6.77. The van der Waals surface area contributed by atoms with Crippen molar-refractivity contribution in [3.05, 3.63) is 205 Å². The van der Waals surface area contributed by atoms with Gasteiger partial charge in [-0.2, -0.15) is 0 Å². The van der Waals surface area contributed by atoms with E-state index in [2.05, 4.69) is 211 Å². The van der Waals surface area contributed by atoms with Gasteiger partial charge in [-0.25, -0.2) is 4.98 Å². The first-order valence-electron chi connectivity index (χ1n) is 17.4. The molecule has 2 heteroatoms. The maximum Gasteiger partial charge on any atom is 0.0715 e. The molecular weight excluding hydrogens is 617 g/mol. The molecule has 0 radical (unpaired) electrons. The molecule has 8 aromatic carbocycles. The van der Waals surface area contributed by atoms with E-state index in [9.17, 15) is 0 Å². The van der Waals surface area contributed by atoms with E-state index in [0.29, 0.717) is 0 Å². The summed E-state index contributed by atoms with van der Waals surface area (Å²) in [6, 6.07) is 69.1. The van der Waals surface area contributed by atoms with Crippen molar-refractivity contribution in [1.82, 2.24) is 4.98 Å². The highest BCUT2D eigenvalue weighted by Crippen LogP contribution is 2.36. The normalized spacial score (nSPS) is 11.5. The van der Waals surface area contributed by atoms with Crippen LogP contribution in [-0.4, -0.2) is 4.98 Å². The molecule has 9 aromatic rings. The van der Waals surface area contributed by atoms with Gasteiger partial charge in [0.05, 0.1) is 11.4 Å². The molecule has 0 saturated carbocycles. The molecule has 0 atom stereocenters.